The fraction of sp³-hybridized carbons (Fsp3) is 0.385. The first-order valence-corrected chi connectivity index (χ1v) is 4.88. The first-order valence-electron chi connectivity index (χ1n) is 4.88. The molecule has 0 heterocycles. The summed E-state index contributed by atoms with van der Waals surface area (Å²) in [5.74, 6) is 2.59. The normalized spacial score (nSPS) is 12.1. The summed E-state index contributed by atoms with van der Waals surface area (Å²) in [5, 5.41) is 3.27. The van der Waals surface area contributed by atoms with Crippen molar-refractivity contribution >= 4 is 0 Å². The zero-order chi connectivity index (χ0) is 10.6. The molecule has 0 fully saturated rings. The monoisotopic (exact) mass is 187 g/mol. The second-order valence-electron chi connectivity index (χ2n) is 3.73. The predicted octanol–water partition coefficient (Wildman–Crippen LogP) is 2.59. The van der Waals surface area contributed by atoms with Gasteiger partial charge < -0.3 is 0 Å². The van der Waals surface area contributed by atoms with Gasteiger partial charge in [-0.2, -0.15) is 0 Å². The molecule has 0 aliphatic heterocycles. The molecule has 0 aliphatic carbocycles. The Morgan fingerprint density at radius 1 is 1.29 bits per heavy atom. The van der Waals surface area contributed by atoms with Crippen molar-refractivity contribution in [1.82, 2.24) is 5.32 Å². The summed E-state index contributed by atoms with van der Waals surface area (Å²) in [4.78, 5) is 0. The van der Waals surface area contributed by atoms with Crippen molar-refractivity contribution in [2.45, 2.75) is 26.8 Å². The molecule has 0 bridgehead atoms. The number of nitrogens with one attached hydrogen (secondary N) is 1. The van der Waals surface area contributed by atoms with Gasteiger partial charge in [-0.15, -0.1) is 6.42 Å². The second kappa shape index (κ2) is 4.83. The van der Waals surface area contributed by atoms with Gasteiger partial charge in [0.1, 0.15) is 0 Å². The van der Waals surface area contributed by atoms with Crippen LogP contribution in [0.1, 0.15) is 29.7 Å². The first kappa shape index (κ1) is 10.8. The van der Waals surface area contributed by atoms with E-state index in [4.69, 9.17) is 6.42 Å². The minimum atomic E-state index is 0.324. The van der Waals surface area contributed by atoms with Crippen molar-refractivity contribution in [2.24, 2.45) is 0 Å². The molecule has 1 N–H and O–H groups in total. The molecule has 1 atom stereocenters. The van der Waals surface area contributed by atoms with Gasteiger partial charge in [-0.25, -0.2) is 0 Å². The molecule has 1 rings (SSSR count). The molecule has 0 saturated carbocycles. The molecule has 14 heavy (non-hydrogen) atoms. The zero-order valence-electron chi connectivity index (χ0n) is 9.09. The maximum absolute atomic E-state index is 5.20. The van der Waals surface area contributed by atoms with Crippen LogP contribution in [0.3, 0.4) is 0 Å². The maximum atomic E-state index is 5.20. The predicted molar refractivity (Wildman–Crippen MR) is 61.2 cm³/mol. The molecule has 0 aliphatic rings. The van der Waals surface area contributed by atoms with Gasteiger partial charge in [0.05, 0.1) is 6.54 Å². The van der Waals surface area contributed by atoms with Crippen molar-refractivity contribution < 1.29 is 0 Å². The van der Waals surface area contributed by atoms with Crippen LogP contribution >= 0.6 is 0 Å². The lowest BCUT2D eigenvalue weighted by atomic mass is 10.0. The van der Waals surface area contributed by atoms with Crippen LogP contribution in [-0.4, -0.2) is 6.54 Å². The van der Waals surface area contributed by atoms with Gasteiger partial charge in [-0.05, 0) is 26.3 Å². The molecule has 0 saturated heterocycles. The smallest absolute Gasteiger partial charge is 0.0578 e. The fourth-order valence-corrected chi connectivity index (χ4v) is 1.59. The average Bonchev–Trinajstić information content (AvgIpc) is 2.12. The van der Waals surface area contributed by atoms with E-state index in [9.17, 15) is 0 Å². The van der Waals surface area contributed by atoms with E-state index >= 15 is 0 Å². The van der Waals surface area contributed by atoms with Gasteiger partial charge in [0.15, 0.2) is 0 Å². The molecule has 0 amide bonds. The minimum Gasteiger partial charge on any atom is -0.300 e. The highest BCUT2D eigenvalue weighted by Gasteiger charge is 2.04. The summed E-state index contributed by atoms with van der Waals surface area (Å²) >= 11 is 0. The SMILES string of the molecule is C#CCNC(C)c1cc(C)cc(C)c1. The van der Waals surface area contributed by atoms with Gasteiger partial charge in [-0.1, -0.05) is 35.2 Å². The highest BCUT2D eigenvalue weighted by atomic mass is 14.9. The third-order valence-corrected chi connectivity index (χ3v) is 2.25. The summed E-state index contributed by atoms with van der Waals surface area (Å²) in [5.41, 5.74) is 3.90. The van der Waals surface area contributed by atoms with Crippen molar-refractivity contribution in [2.75, 3.05) is 6.54 Å². The first-order chi connectivity index (χ1) is 6.63. The van der Waals surface area contributed by atoms with Crippen LogP contribution in [0, 0.1) is 26.2 Å². The third-order valence-electron chi connectivity index (χ3n) is 2.25. The van der Waals surface area contributed by atoms with Crippen LogP contribution in [0.4, 0.5) is 0 Å². The van der Waals surface area contributed by atoms with E-state index in [2.05, 4.69) is 50.2 Å². The number of hydrogen-bond acceptors (Lipinski definition) is 1. The van der Waals surface area contributed by atoms with Gasteiger partial charge in [0.25, 0.3) is 0 Å². The third kappa shape index (κ3) is 2.90. The molecule has 1 nitrogen and oxygen atoms in total. The molecule has 0 spiro atoms. The lowest BCUT2D eigenvalue weighted by Crippen LogP contribution is -2.18. The number of terminal acetylenes is 1. The van der Waals surface area contributed by atoms with Crippen LogP contribution in [0.2, 0.25) is 0 Å². The van der Waals surface area contributed by atoms with Crippen molar-refractivity contribution in [1.29, 1.82) is 0 Å². The highest BCUT2D eigenvalue weighted by molar-refractivity contribution is 5.30. The zero-order valence-corrected chi connectivity index (χ0v) is 9.09. The van der Waals surface area contributed by atoms with E-state index in [1.54, 1.807) is 0 Å². The maximum Gasteiger partial charge on any atom is 0.0578 e. The van der Waals surface area contributed by atoms with E-state index in [0.717, 1.165) is 0 Å². The lowest BCUT2D eigenvalue weighted by Gasteiger charge is -2.13. The second-order valence-corrected chi connectivity index (χ2v) is 3.73. The molecule has 1 heteroatoms. The van der Waals surface area contributed by atoms with E-state index < -0.39 is 0 Å². The summed E-state index contributed by atoms with van der Waals surface area (Å²) in [6.45, 7) is 6.98. The Morgan fingerprint density at radius 3 is 2.36 bits per heavy atom. The van der Waals surface area contributed by atoms with E-state index in [0.29, 0.717) is 12.6 Å². The Labute approximate surface area is 86.5 Å². The number of rotatable bonds is 3. The van der Waals surface area contributed by atoms with Crippen molar-refractivity contribution in [3.05, 3.63) is 34.9 Å². The largest absolute Gasteiger partial charge is 0.300 e. The summed E-state index contributed by atoms with van der Waals surface area (Å²) in [6.07, 6.45) is 5.20. The molecule has 1 aromatic carbocycles. The minimum absolute atomic E-state index is 0.324. The van der Waals surface area contributed by atoms with Gasteiger partial charge in [-0.3, -0.25) is 5.32 Å². The molecule has 74 valence electrons. The van der Waals surface area contributed by atoms with Crippen molar-refractivity contribution in [3.8, 4) is 12.3 Å². The van der Waals surface area contributed by atoms with Crippen LogP contribution in [0.25, 0.3) is 0 Å². The van der Waals surface area contributed by atoms with E-state index in [-0.39, 0.29) is 0 Å². The van der Waals surface area contributed by atoms with Crippen molar-refractivity contribution in [3.63, 3.8) is 0 Å². The molecular formula is C13H17N. The Morgan fingerprint density at radius 2 is 1.86 bits per heavy atom. The van der Waals surface area contributed by atoms with Gasteiger partial charge in [0, 0.05) is 6.04 Å². The van der Waals surface area contributed by atoms with E-state index in [1.807, 2.05) is 0 Å². The Hall–Kier alpha value is -1.26. The summed E-state index contributed by atoms with van der Waals surface area (Å²) < 4.78 is 0. The van der Waals surface area contributed by atoms with Gasteiger partial charge in [0.2, 0.25) is 0 Å². The molecule has 0 aromatic heterocycles. The Kier molecular flexibility index (Phi) is 3.73. The van der Waals surface area contributed by atoms with Crippen LogP contribution in [0.15, 0.2) is 18.2 Å². The lowest BCUT2D eigenvalue weighted by molar-refractivity contribution is 0.622. The number of aryl methyl sites for hydroxylation is 2. The molecule has 0 radical (unpaired) electrons. The molecular weight excluding hydrogens is 170 g/mol. The van der Waals surface area contributed by atoms with Crippen LogP contribution < -0.4 is 5.32 Å². The summed E-state index contributed by atoms with van der Waals surface area (Å²) in [7, 11) is 0. The fourth-order valence-electron chi connectivity index (χ4n) is 1.59. The average molecular weight is 187 g/mol. The topological polar surface area (TPSA) is 12.0 Å². The standard InChI is InChI=1S/C13H17N/c1-5-6-14-12(4)13-8-10(2)7-11(3)9-13/h1,7-9,12,14H,6H2,2-4H3. The number of hydrogen-bond donors (Lipinski definition) is 1. The molecule has 1 unspecified atom stereocenters. The van der Waals surface area contributed by atoms with E-state index in [1.165, 1.54) is 16.7 Å². The number of benzene rings is 1. The quantitative estimate of drug-likeness (QED) is 0.717. The van der Waals surface area contributed by atoms with Gasteiger partial charge >= 0.3 is 0 Å². The van der Waals surface area contributed by atoms with Crippen LogP contribution in [0.5, 0.6) is 0 Å². The molecule has 1 aromatic rings. The highest BCUT2D eigenvalue weighted by Crippen LogP contribution is 2.16. The van der Waals surface area contributed by atoms with Crippen LogP contribution in [-0.2, 0) is 0 Å². The Bertz CT molecular complexity index is 326. The Balaban J connectivity index is 2.79. The summed E-state index contributed by atoms with van der Waals surface area (Å²) in [6, 6.07) is 6.89.